The monoisotopic (exact) mass is 958 g/mol. The Morgan fingerprint density at radius 1 is 0.507 bits per heavy atom. The number of unbranched alkanes of at least 4 members (excludes halogenated alkanes) is 8. The Kier molecular flexibility index (Phi) is 43.6. The van der Waals surface area contributed by atoms with E-state index in [1.54, 1.807) is 0 Å². The van der Waals surface area contributed by atoms with Gasteiger partial charge >= 0.3 is 0 Å². The van der Waals surface area contributed by atoms with Crippen LogP contribution in [0.15, 0.2) is 146 Å². The molecular weight excluding hydrogens is 863 g/mol. The minimum absolute atomic E-state index is 0.161. The smallest absolute Gasteiger partial charge is 0.220 e. The van der Waals surface area contributed by atoms with Crippen LogP contribution in [0.3, 0.4) is 0 Å². The van der Waals surface area contributed by atoms with Crippen molar-refractivity contribution in [3.05, 3.63) is 146 Å². The average Bonchev–Trinajstić information content (AvgIpc) is 3.35. The molecule has 6 N–H and O–H groups in total. The van der Waals surface area contributed by atoms with E-state index in [9.17, 15) is 30.3 Å². The molecule has 69 heavy (non-hydrogen) atoms. The first kappa shape index (κ1) is 63.1. The predicted octanol–water partition coefficient (Wildman–Crippen LogP) is 12.7. The van der Waals surface area contributed by atoms with E-state index in [1.165, 1.54) is 0 Å². The van der Waals surface area contributed by atoms with E-state index in [0.717, 1.165) is 141 Å². The van der Waals surface area contributed by atoms with E-state index in [4.69, 9.17) is 9.47 Å². The number of hydrogen-bond donors (Lipinski definition) is 6. The van der Waals surface area contributed by atoms with Crippen LogP contribution in [0.25, 0.3) is 0 Å². The summed E-state index contributed by atoms with van der Waals surface area (Å²) in [5.41, 5.74) is 0. The predicted molar refractivity (Wildman–Crippen MR) is 289 cm³/mol. The van der Waals surface area contributed by atoms with Gasteiger partial charge in [-0.1, -0.05) is 205 Å². The average molecular weight is 958 g/mol. The molecule has 1 fully saturated rings. The molecule has 0 saturated carbocycles. The molecule has 1 saturated heterocycles. The summed E-state index contributed by atoms with van der Waals surface area (Å²) in [5.74, 6) is -0.184. The molecule has 0 aromatic heterocycles. The van der Waals surface area contributed by atoms with Gasteiger partial charge in [-0.2, -0.15) is 0 Å². The van der Waals surface area contributed by atoms with Crippen molar-refractivity contribution in [3.63, 3.8) is 0 Å². The molecule has 0 aromatic rings. The number of carbonyl (C=O) groups is 1. The van der Waals surface area contributed by atoms with Crippen LogP contribution in [0.5, 0.6) is 0 Å². The summed E-state index contributed by atoms with van der Waals surface area (Å²) in [4.78, 5) is 12.9. The van der Waals surface area contributed by atoms with E-state index in [2.05, 4.69) is 165 Å². The number of hydrogen-bond acceptors (Lipinski definition) is 8. The van der Waals surface area contributed by atoms with Gasteiger partial charge in [0, 0.05) is 6.42 Å². The summed E-state index contributed by atoms with van der Waals surface area (Å²) >= 11 is 0. The Labute approximate surface area is 419 Å². The van der Waals surface area contributed by atoms with Crippen LogP contribution in [0.4, 0.5) is 0 Å². The molecular formula is C60H95NO8. The normalized spacial score (nSPS) is 20.7. The lowest BCUT2D eigenvalue weighted by Crippen LogP contribution is -2.60. The van der Waals surface area contributed by atoms with Crippen LogP contribution < -0.4 is 5.32 Å². The number of amides is 1. The number of aliphatic hydroxyl groups excluding tert-OH is 5. The van der Waals surface area contributed by atoms with Gasteiger partial charge in [0.2, 0.25) is 5.91 Å². The fraction of sp³-hybridized carbons (Fsp3) is 0.583. The van der Waals surface area contributed by atoms with E-state index in [1.807, 2.05) is 0 Å². The fourth-order valence-corrected chi connectivity index (χ4v) is 7.26. The Morgan fingerprint density at radius 2 is 0.899 bits per heavy atom. The molecule has 0 spiro atoms. The van der Waals surface area contributed by atoms with Crippen molar-refractivity contribution >= 4 is 5.91 Å². The first-order chi connectivity index (χ1) is 33.8. The van der Waals surface area contributed by atoms with Crippen molar-refractivity contribution in [1.29, 1.82) is 0 Å². The van der Waals surface area contributed by atoms with Crippen molar-refractivity contribution < 1.29 is 39.8 Å². The van der Waals surface area contributed by atoms with E-state index in [0.29, 0.717) is 12.8 Å². The molecule has 0 radical (unpaired) electrons. The van der Waals surface area contributed by atoms with Gasteiger partial charge in [-0.3, -0.25) is 4.79 Å². The fourth-order valence-electron chi connectivity index (χ4n) is 7.26. The van der Waals surface area contributed by atoms with Gasteiger partial charge in [0.05, 0.1) is 25.4 Å². The Bertz CT molecular complexity index is 1580. The second-order valence-electron chi connectivity index (χ2n) is 17.6. The van der Waals surface area contributed by atoms with Crippen molar-refractivity contribution in [2.75, 3.05) is 13.2 Å². The minimum atomic E-state index is -1.56. The SMILES string of the molecule is CC/C=C\C/C=C\C/C=C\C/C=C\C/C=C\C/C=C\C/C=C\C/C=C\C/C=C\C/C=C\C/C=C\C/C=C\CCCCCCC(=O)NC(COC1OC(CO)C(O)C(O)C1O)C(O)CCCCCCC. The summed E-state index contributed by atoms with van der Waals surface area (Å²) in [7, 11) is 0. The first-order valence-corrected chi connectivity index (χ1v) is 26.5. The Morgan fingerprint density at radius 3 is 1.32 bits per heavy atom. The topological polar surface area (TPSA) is 149 Å². The number of ether oxygens (including phenoxy) is 2. The number of carbonyl (C=O) groups excluding carboxylic acids is 1. The minimum Gasteiger partial charge on any atom is -0.394 e. The first-order valence-electron chi connectivity index (χ1n) is 26.5. The van der Waals surface area contributed by atoms with Crippen molar-refractivity contribution in [2.45, 2.75) is 211 Å². The van der Waals surface area contributed by atoms with Gasteiger partial charge in [-0.15, -0.1) is 0 Å². The molecule has 1 heterocycles. The third-order valence-corrected chi connectivity index (χ3v) is 11.5. The lowest BCUT2D eigenvalue weighted by molar-refractivity contribution is -0.302. The highest BCUT2D eigenvalue weighted by Gasteiger charge is 2.44. The Hall–Kier alpha value is -3.93. The van der Waals surface area contributed by atoms with Gasteiger partial charge in [0.1, 0.15) is 24.4 Å². The van der Waals surface area contributed by atoms with Crippen LogP contribution in [0, 0.1) is 0 Å². The second kappa shape index (κ2) is 47.7. The number of allylic oxidation sites excluding steroid dienone is 24. The molecule has 1 aliphatic heterocycles. The van der Waals surface area contributed by atoms with Crippen LogP contribution >= 0.6 is 0 Å². The zero-order valence-corrected chi connectivity index (χ0v) is 42.7. The van der Waals surface area contributed by atoms with Crippen LogP contribution in [0.1, 0.15) is 168 Å². The van der Waals surface area contributed by atoms with Crippen molar-refractivity contribution in [2.24, 2.45) is 0 Å². The molecule has 388 valence electrons. The molecule has 0 bridgehead atoms. The third kappa shape index (κ3) is 37.6. The molecule has 0 aliphatic carbocycles. The molecule has 9 heteroatoms. The summed E-state index contributed by atoms with van der Waals surface area (Å²) in [6, 6.07) is -0.739. The summed E-state index contributed by atoms with van der Waals surface area (Å²) < 4.78 is 11.2. The maximum absolute atomic E-state index is 12.9. The third-order valence-electron chi connectivity index (χ3n) is 11.5. The standard InChI is InChI=1S/C60H95NO8/c1-3-5-7-9-10-11-12-13-14-15-16-17-18-19-20-21-22-23-24-25-26-27-28-29-30-31-32-33-34-35-36-37-38-39-40-41-42-43-44-46-48-50-56(64)61-53(54(63)49-47-45-8-6-4-2)52-68-60-59(67)58(66)57(65)55(51-62)69-60/h5,7,10-11,13-14,16-17,19-20,22-23,25-26,28-29,31-32,34-35,37-38,40-41,53-55,57-60,62-63,65-67H,3-4,6,8-9,12,15,18,21,24,27,30,33,36,39,42-52H2,1-2H3,(H,61,64)/b7-5-,11-10-,14-13-,17-16-,20-19-,23-22-,26-25-,29-28-,32-31-,35-34-,38-37-,41-40-. The molecule has 7 unspecified atom stereocenters. The Balaban J connectivity index is 2.11. The molecule has 1 aliphatic rings. The van der Waals surface area contributed by atoms with E-state index < -0.39 is 49.5 Å². The van der Waals surface area contributed by atoms with Gasteiger partial charge < -0.3 is 40.3 Å². The van der Waals surface area contributed by atoms with Crippen molar-refractivity contribution in [1.82, 2.24) is 5.32 Å². The number of aliphatic hydroxyl groups is 5. The summed E-state index contributed by atoms with van der Waals surface area (Å²) in [5, 5.41) is 53.9. The molecule has 9 nitrogen and oxygen atoms in total. The molecule has 1 amide bonds. The summed E-state index contributed by atoms with van der Waals surface area (Å²) in [6.07, 6.45) is 67.9. The van der Waals surface area contributed by atoms with Gasteiger partial charge in [-0.25, -0.2) is 0 Å². The van der Waals surface area contributed by atoms with Crippen LogP contribution in [0.2, 0.25) is 0 Å². The van der Waals surface area contributed by atoms with Gasteiger partial charge in [0.25, 0.3) is 0 Å². The lowest BCUT2D eigenvalue weighted by Gasteiger charge is -2.40. The summed E-state index contributed by atoms with van der Waals surface area (Å²) in [6.45, 7) is 3.58. The highest BCUT2D eigenvalue weighted by atomic mass is 16.7. The zero-order valence-electron chi connectivity index (χ0n) is 42.7. The van der Waals surface area contributed by atoms with Gasteiger partial charge in [0.15, 0.2) is 6.29 Å². The van der Waals surface area contributed by atoms with E-state index >= 15 is 0 Å². The highest BCUT2D eigenvalue weighted by molar-refractivity contribution is 5.76. The van der Waals surface area contributed by atoms with Crippen molar-refractivity contribution in [3.8, 4) is 0 Å². The van der Waals surface area contributed by atoms with Gasteiger partial charge in [-0.05, 0) is 103 Å². The zero-order chi connectivity index (χ0) is 50.1. The quantitative estimate of drug-likeness (QED) is 0.0262. The number of nitrogens with one attached hydrogen (secondary N) is 1. The molecule has 7 atom stereocenters. The highest BCUT2D eigenvalue weighted by Crippen LogP contribution is 2.23. The molecule has 0 aromatic carbocycles. The van der Waals surface area contributed by atoms with Crippen LogP contribution in [-0.2, 0) is 14.3 Å². The lowest BCUT2D eigenvalue weighted by atomic mass is 9.99. The number of rotatable bonds is 42. The van der Waals surface area contributed by atoms with E-state index in [-0.39, 0.29) is 12.5 Å². The maximum atomic E-state index is 12.9. The largest absolute Gasteiger partial charge is 0.394 e. The van der Waals surface area contributed by atoms with Crippen LogP contribution in [-0.4, -0.2) is 87.5 Å². The maximum Gasteiger partial charge on any atom is 0.220 e. The second-order valence-corrected chi connectivity index (χ2v) is 17.6. The molecule has 1 rings (SSSR count).